The number of anilines is 1. The number of carbonyl (C=O) groups is 1. The van der Waals surface area contributed by atoms with E-state index in [1.807, 2.05) is 4.90 Å². The first-order chi connectivity index (χ1) is 8.11. The molecule has 5 heteroatoms. The van der Waals surface area contributed by atoms with Gasteiger partial charge >= 0.3 is 0 Å². The van der Waals surface area contributed by atoms with Crippen LogP contribution >= 0.6 is 0 Å². The lowest BCUT2D eigenvalue weighted by Gasteiger charge is -2.20. The van der Waals surface area contributed by atoms with Crippen LogP contribution in [0.5, 0.6) is 0 Å². The lowest BCUT2D eigenvalue weighted by molar-refractivity contribution is 0.100. The predicted octanol–water partition coefficient (Wildman–Crippen LogP) is 0.710. The van der Waals surface area contributed by atoms with E-state index < -0.39 is 11.7 Å². The second-order valence-corrected chi connectivity index (χ2v) is 4.36. The number of hydrogen-bond acceptors (Lipinski definition) is 3. The first kappa shape index (κ1) is 11.9. The molecule has 1 aliphatic rings. The number of amides is 1. The van der Waals surface area contributed by atoms with Gasteiger partial charge in [0.2, 0.25) is 0 Å². The first-order valence-electron chi connectivity index (χ1n) is 5.66. The Kier molecular flexibility index (Phi) is 3.28. The lowest BCUT2D eigenvalue weighted by atomic mass is 10.1. The predicted molar refractivity (Wildman–Crippen MR) is 64.3 cm³/mol. The molecule has 0 bridgehead atoms. The van der Waals surface area contributed by atoms with Crippen LogP contribution in [0.2, 0.25) is 0 Å². The van der Waals surface area contributed by atoms with Crippen LogP contribution in [0.1, 0.15) is 16.8 Å². The fourth-order valence-corrected chi connectivity index (χ4v) is 2.23. The van der Waals surface area contributed by atoms with Crippen LogP contribution in [-0.4, -0.2) is 25.5 Å². The number of carbonyl (C=O) groups excluding carboxylic acids is 1. The molecule has 17 heavy (non-hydrogen) atoms. The smallest absolute Gasteiger partial charge is 0.250 e. The fraction of sp³-hybridized carbons (Fsp3) is 0.417. The first-order valence-corrected chi connectivity index (χ1v) is 5.66. The number of halogens is 1. The molecule has 92 valence electrons. The summed E-state index contributed by atoms with van der Waals surface area (Å²) < 4.78 is 13.1. The maximum atomic E-state index is 13.1. The van der Waals surface area contributed by atoms with Gasteiger partial charge in [-0.3, -0.25) is 4.79 Å². The van der Waals surface area contributed by atoms with Crippen LogP contribution in [0, 0.1) is 11.7 Å². The number of hydrogen-bond donors (Lipinski definition) is 2. The molecule has 1 atom stereocenters. The Bertz CT molecular complexity index is 436. The van der Waals surface area contributed by atoms with E-state index >= 15 is 0 Å². The monoisotopic (exact) mass is 237 g/mol. The molecule has 1 heterocycles. The van der Waals surface area contributed by atoms with Crippen molar-refractivity contribution in [3.8, 4) is 0 Å². The summed E-state index contributed by atoms with van der Waals surface area (Å²) in [5, 5.41) is 0. The van der Waals surface area contributed by atoms with Crippen molar-refractivity contribution in [2.24, 2.45) is 17.4 Å². The van der Waals surface area contributed by atoms with Crippen LogP contribution in [0.15, 0.2) is 18.2 Å². The Labute approximate surface area is 99.4 Å². The van der Waals surface area contributed by atoms with Crippen molar-refractivity contribution >= 4 is 11.6 Å². The standard InChI is InChI=1S/C12H16FN3O/c13-9-1-2-11(10(5-9)12(15)17)16-4-3-8(6-14)7-16/h1-2,5,8H,3-4,6-7,14H2,(H2,15,17). The number of primary amides is 1. The van der Waals surface area contributed by atoms with Gasteiger partial charge in [0.15, 0.2) is 0 Å². The third-order valence-electron chi connectivity index (χ3n) is 3.18. The van der Waals surface area contributed by atoms with E-state index in [1.165, 1.54) is 12.1 Å². The molecule has 0 aliphatic carbocycles. The van der Waals surface area contributed by atoms with E-state index in [9.17, 15) is 9.18 Å². The third kappa shape index (κ3) is 2.39. The summed E-state index contributed by atoms with van der Waals surface area (Å²) in [6.45, 7) is 2.25. The summed E-state index contributed by atoms with van der Waals surface area (Å²) in [5.41, 5.74) is 11.8. The quantitative estimate of drug-likeness (QED) is 0.813. The lowest BCUT2D eigenvalue weighted by Crippen LogP contribution is -2.25. The van der Waals surface area contributed by atoms with Crippen LogP contribution in [0.4, 0.5) is 10.1 Å². The number of nitrogens with two attached hydrogens (primary N) is 2. The number of nitrogens with zero attached hydrogens (tertiary/aromatic N) is 1. The van der Waals surface area contributed by atoms with Crippen molar-refractivity contribution in [2.45, 2.75) is 6.42 Å². The second-order valence-electron chi connectivity index (χ2n) is 4.36. The minimum atomic E-state index is -0.601. The summed E-state index contributed by atoms with van der Waals surface area (Å²) in [5.74, 6) is -0.617. The molecule has 1 aromatic rings. The molecule has 1 saturated heterocycles. The fourth-order valence-electron chi connectivity index (χ4n) is 2.23. The zero-order valence-electron chi connectivity index (χ0n) is 9.53. The molecule has 0 radical (unpaired) electrons. The van der Waals surface area contributed by atoms with Crippen molar-refractivity contribution in [3.63, 3.8) is 0 Å². The molecule has 4 N–H and O–H groups in total. The van der Waals surface area contributed by atoms with Gasteiger partial charge in [0, 0.05) is 18.8 Å². The average molecular weight is 237 g/mol. The van der Waals surface area contributed by atoms with Crippen molar-refractivity contribution in [2.75, 3.05) is 24.5 Å². The Hall–Kier alpha value is -1.62. The molecule has 2 rings (SSSR count). The van der Waals surface area contributed by atoms with E-state index in [1.54, 1.807) is 6.07 Å². The van der Waals surface area contributed by atoms with Crippen LogP contribution in [-0.2, 0) is 0 Å². The van der Waals surface area contributed by atoms with E-state index in [0.717, 1.165) is 19.5 Å². The zero-order valence-corrected chi connectivity index (χ0v) is 9.53. The maximum Gasteiger partial charge on any atom is 0.250 e. The summed E-state index contributed by atoms with van der Waals surface area (Å²) >= 11 is 0. The molecule has 0 aromatic heterocycles. The largest absolute Gasteiger partial charge is 0.371 e. The summed E-state index contributed by atoms with van der Waals surface area (Å²) in [7, 11) is 0. The molecule has 1 aromatic carbocycles. The summed E-state index contributed by atoms with van der Waals surface area (Å²) in [6, 6.07) is 4.14. The van der Waals surface area contributed by atoms with Crippen molar-refractivity contribution in [1.29, 1.82) is 0 Å². The summed E-state index contributed by atoms with van der Waals surface area (Å²) in [6.07, 6.45) is 0.992. The molecule has 0 spiro atoms. The summed E-state index contributed by atoms with van der Waals surface area (Å²) in [4.78, 5) is 13.3. The molecule has 1 unspecified atom stereocenters. The van der Waals surface area contributed by atoms with E-state index in [0.29, 0.717) is 18.2 Å². The highest BCUT2D eigenvalue weighted by Crippen LogP contribution is 2.27. The van der Waals surface area contributed by atoms with Gasteiger partial charge in [-0.2, -0.15) is 0 Å². The van der Waals surface area contributed by atoms with Crippen LogP contribution in [0.3, 0.4) is 0 Å². The van der Waals surface area contributed by atoms with Crippen molar-refractivity contribution in [1.82, 2.24) is 0 Å². The highest BCUT2D eigenvalue weighted by atomic mass is 19.1. The van der Waals surface area contributed by atoms with Crippen molar-refractivity contribution < 1.29 is 9.18 Å². The highest BCUT2D eigenvalue weighted by Gasteiger charge is 2.24. The van der Waals surface area contributed by atoms with Gasteiger partial charge in [-0.25, -0.2) is 4.39 Å². The Balaban J connectivity index is 2.29. The second kappa shape index (κ2) is 4.71. The van der Waals surface area contributed by atoms with Gasteiger partial charge in [0.1, 0.15) is 5.82 Å². The molecular formula is C12H16FN3O. The number of rotatable bonds is 3. The van der Waals surface area contributed by atoms with Gasteiger partial charge in [0.25, 0.3) is 5.91 Å². The molecule has 1 aliphatic heterocycles. The van der Waals surface area contributed by atoms with Gasteiger partial charge in [-0.05, 0) is 37.1 Å². The Morgan fingerprint density at radius 2 is 2.29 bits per heavy atom. The van der Waals surface area contributed by atoms with Crippen LogP contribution < -0.4 is 16.4 Å². The topological polar surface area (TPSA) is 72.3 Å². The minimum absolute atomic E-state index is 0.239. The van der Waals surface area contributed by atoms with Gasteiger partial charge in [-0.15, -0.1) is 0 Å². The van der Waals surface area contributed by atoms with Crippen LogP contribution in [0.25, 0.3) is 0 Å². The van der Waals surface area contributed by atoms with E-state index in [2.05, 4.69) is 0 Å². The Morgan fingerprint density at radius 1 is 1.53 bits per heavy atom. The molecule has 0 saturated carbocycles. The van der Waals surface area contributed by atoms with Gasteiger partial charge < -0.3 is 16.4 Å². The van der Waals surface area contributed by atoms with Gasteiger partial charge in [0.05, 0.1) is 5.56 Å². The van der Waals surface area contributed by atoms with E-state index in [-0.39, 0.29) is 5.56 Å². The average Bonchev–Trinajstić information content (AvgIpc) is 2.77. The van der Waals surface area contributed by atoms with Crippen molar-refractivity contribution in [3.05, 3.63) is 29.6 Å². The zero-order chi connectivity index (χ0) is 12.4. The minimum Gasteiger partial charge on any atom is -0.371 e. The van der Waals surface area contributed by atoms with E-state index in [4.69, 9.17) is 11.5 Å². The molecule has 1 fully saturated rings. The SMILES string of the molecule is NCC1CCN(c2ccc(F)cc2C(N)=O)C1. The normalized spacial score (nSPS) is 19.6. The van der Waals surface area contributed by atoms with Gasteiger partial charge in [-0.1, -0.05) is 0 Å². The molecular weight excluding hydrogens is 221 g/mol. The highest BCUT2D eigenvalue weighted by molar-refractivity contribution is 5.98. The Morgan fingerprint density at radius 3 is 2.88 bits per heavy atom. The molecule has 1 amide bonds. The maximum absolute atomic E-state index is 13.1. The molecule has 4 nitrogen and oxygen atoms in total. The number of benzene rings is 1. The third-order valence-corrected chi connectivity index (χ3v) is 3.18.